The first-order chi connectivity index (χ1) is 14.1. The number of benzene rings is 2. The van der Waals surface area contributed by atoms with E-state index < -0.39 is 0 Å². The Bertz CT molecular complexity index is 1140. The minimum atomic E-state index is -0.365. The van der Waals surface area contributed by atoms with Crippen LogP contribution in [0.1, 0.15) is 10.8 Å². The van der Waals surface area contributed by atoms with E-state index >= 15 is 0 Å². The highest BCUT2D eigenvalue weighted by molar-refractivity contribution is 7.16. The lowest BCUT2D eigenvalue weighted by Gasteiger charge is -2.12. The predicted molar refractivity (Wildman–Crippen MR) is 117 cm³/mol. The van der Waals surface area contributed by atoms with Crippen molar-refractivity contribution in [1.82, 2.24) is 15.0 Å². The SMILES string of the molecule is Cc1ncc(NC(=O)Nc2sc(C)nc2-c2ccccc2)c(-c2ccccc2)n1. The number of aromatic nitrogens is 3. The lowest BCUT2D eigenvalue weighted by atomic mass is 10.1. The summed E-state index contributed by atoms with van der Waals surface area (Å²) in [6, 6.07) is 19.1. The molecule has 2 amide bonds. The van der Waals surface area contributed by atoms with Crippen LogP contribution in [0.2, 0.25) is 0 Å². The summed E-state index contributed by atoms with van der Waals surface area (Å²) < 4.78 is 0. The van der Waals surface area contributed by atoms with Crippen molar-refractivity contribution in [2.24, 2.45) is 0 Å². The van der Waals surface area contributed by atoms with Gasteiger partial charge < -0.3 is 5.32 Å². The number of hydrogen-bond acceptors (Lipinski definition) is 5. The molecule has 4 aromatic rings. The number of carbonyl (C=O) groups excluding carboxylic acids is 1. The first-order valence-corrected chi connectivity index (χ1v) is 9.92. The Morgan fingerprint density at radius 3 is 2.10 bits per heavy atom. The van der Waals surface area contributed by atoms with Crippen LogP contribution >= 0.6 is 11.3 Å². The Kier molecular flexibility index (Phi) is 5.31. The van der Waals surface area contributed by atoms with E-state index in [0.29, 0.717) is 22.2 Å². The zero-order chi connectivity index (χ0) is 20.2. The molecule has 144 valence electrons. The second-order valence-electron chi connectivity index (χ2n) is 6.40. The number of nitrogens with zero attached hydrogens (tertiary/aromatic N) is 3. The van der Waals surface area contributed by atoms with Crippen molar-refractivity contribution >= 4 is 28.1 Å². The van der Waals surface area contributed by atoms with Gasteiger partial charge in [-0.1, -0.05) is 60.7 Å². The molecule has 2 aromatic heterocycles. The molecule has 0 unspecified atom stereocenters. The molecule has 0 bridgehead atoms. The number of urea groups is 1. The summed E-state index contributed by atoms with van der Waals surface area (Å²) in [5.41, 5.74) is 3.84. The quantitative estimate of drug-likeness (QED) is 0.471. The van der Waals surface area contributed by atoms with Gasteiger partial charge in [0.1, 0.15) is 16.5 Å². The Balaban J connectivity index is 1.60. The molecule has 7 heteroatoms. The lowest BCUT2D eigenvalue weighted by Crippen LogP contribution is -2.20. The summed E-state index contributed by atoms with van der Waals surface area (Å²) in [7, 11) is 0. The minimum Gasteiger partial charge on any atom is -0.304 e. The lowest BCUT2D eigenvalue weighted by molar-refractivity contribution is 0.262. The van der Waals surface area contributed by atoms with E-state index in [1.165, 1.54) is 11.3 Å². The fraction of sp³-hybridized carbons (Fsp3) is 0.0909. The summed E-state index contributed by atoms with van der Waals surface area (Å²) in [5, 5.41) is 7.37. The van der Waals surface area contributed by atoms with Gasteiger partial charge in [-0.3, -0.25) is 5.32 Å². The van der Waals surface area contributed by atoms with Crippen molar-refractivity contribution in [2.45, 2.75) is 13.8 Å². The largest absolute Gasteiger partial charge is 0.324 e. The van der Waals surface area contributed by atoms with Crippen LogP contribution in [0.25, 0.3) is 22.5 Å². The van der Waals surface area contributed by atoms with Crippen LogP contribution in [0.5, 0.6) is 0 Å². The average Bonchev–Trinajstić information content (AvgIpc) is 3.10. The van der Waals surface area contributed by atoms with Gasteiger partial charge in [0.25, 0.3) is 0 Å². The first-order valence-electron chi connectivity index (χ1n) is 9.10. The van der Waals surface area contributed by atoms with Crippen LogP contribution in [0.4, 0.5) is 15.5 Å². The monoisotopic (exact) mass is 401 g/mol. The molecule has 0 aliphatic heterocycles. The highest BCUT2D eigenvalue weighted by Crippen LogP contribution is 2.33. The second kappa shape index (κ2) is 8.20. The number of aryl methyl sites for hydroxylation is 2. The van der Waals surface area contributed by atoms with Crippen LogP contribution in [-0.4, -0.2) is 21.0 Å². The van der Waals surface area contributed by atoms with Gasteiger partial charge in [0.05, 0.1) is 22.6 Å². The molecular formula is C22H19N5OS. The first kappa shape index (κ1) is 18.8. The summed E-state index contributed by atoms with van der Waals surface area (Å²) >= 11 is 1.44. The van der Waals surface area contributed by atoms with Gasteiger partial charge in [-0.2, -0.15) is 0 Å². The molecule has 0 spiro atoms. The van der Waals surface area contributed by atoms with E-state index in [1.807, 2.05) is 74.5 Å². The molecular weight excluding hydrogens is 382 g/mol. The average molecular weight is 401 g/mol. The van der Waals surface area contributed by atoms with E-state index in [0.717, 1.165) is 21.8 Å². The van der Waals surface area contributed by atoms with E-state index in [9.17, 15) is 4.79 Å². The maximum atomic E-state index is 12.7. The second-order valence-corrected chi connectivity index (χ2v) is 7.60. The van der Waals surface area contributed by atoms with E-state index in [2.05, 4.69) is 25.6 Å². The summed E-state index contributed by atoms with van der Waals surface area (Å²) in [6.07, 6.45) is 1.63. The standard InChI is InChI=1S/C22H19N5OS/c1-14-23-13-18(19(24-14)16-9-5-3-6-10-16)26-22(28)27-21-20(25-15(2)29-21)17-11-7-4-8-12-17/h3-13H,1-2H3,(H2,26,27,28). The predicted octanol–water partition coefficient (Wildman–Crippen LogP) is 5.53. The molecule has 0 saturated heterocycles. The molecule has 2 aromatic carbocycles. The number of hydrogen-bond donors (Lipinski definition) is 2. The van der Waals surface area contributed by atoms with Gasteiger partial charge in [0.15, 0.2) is 0 Å². The fourth-order valence-electron chi connectivity index (χ4n) is 2.94. The van der Waals surface area contributed by atoms with Crippen molar-refractivity contribution in [2.75, 3.05) is 10.6 Å². The summed E-state index contributed by atoms with van der Waals surface area (Å²) in [6.45, 7) is 3.74. The van der Waals surface area contributed by atoms with Crippen molar-refractivity contribution < 1.29 is 4.79 Å². The minimum absolute atomic E-state index is 0.365. The van der Waals surface area contributed by atoms with Gasteiger partial charge in [-0.15, -0.1) is 11.3 Å². The van der Waals surface area contributed by atoms with Crippen molar-refractivity contribution in [3.63, 3.8) is 0 Å². The molecule has 29 heavy (non-hydrogen) atoms. The van der Waals surface area contributed by atoms with Crippen LogP contribution in [-0.2, 0) is 0 Å². The van der Waals surface area contributed by atoms with E-state index in [1.54, 1.807) is 6.20 Å². The highest BCUT2D eigenvalue weighted by Gasteiger charge is 2.16. The molecule has 0 fully saturated rings. The van der Waals surface area contributed by atoms with Crippen LogP contribution in [0.15, 0.2) is 66.9 Å². The number of anilines is 2. The summed E-state index contributed by atoms with van der Waals surface area (Å²) in [5.74, 6) is 0.638. The molecule has 0 saturated carbocycles. The number of rotatable bonds is 4. The van der Waals surface area contributed by atoms with E-state index in [-0.39, 0.29) is 6.03 Å². The molecule has 2 heterocycles. The van der Waals surface area contributed by atoms with Gasteiger partial charge in [-0.05, 0) is 13.8 Å². The molecule has 0 radical (unpaired) electrons. The van der Waals surface area contributed by atoms with E-state index in [4.69, 9.17) is 0 Å². The number of thiazole rings is 1. The molecule has 2 N–H and O–H groups in total. The Morgan fingerprint density at radius 1 is 0.828 bits per heavy atom. The normalized spacial score (nSPS) is 10.6. The topological polar surface area (TPSA) is 79.8 Å². The van der Waals surface area contributed by atoms with Crippen molar-refractivity contribution in [3.05, 3.63) is 77.7 Å². The molecule has 4 rings (SSSR count). The fourth-order valence-corrected chi connectivity index (χ4v) is 3.77. The Hall–Kier alpha value is -3.58. The van der Waals surface area contributed by atoms with Gasteiger partial charge in [0, 0.05) is 11.1 Å². The molecule has 0 atom stereocenters. The Labute approximate surface area is 172 Å². The van der Waals surface area contributed by atoms with Crippen molar-refractivity contribution in [3.8, 4) is 22.5 Å². The molecule has 0 aliphatic rings. The van der Waals surface area contributed by atoms with Crippen LogP contribution in [0.3, 0.4) is 0 Å². The van der Waals surface area contributed by atoms with Gasteiger partial charge in [-0.25, -0.2) is 19.7 Å². The summed E-state index contributed by atoms with van der Waals surface area (Å²) in [4.78, 5) is 26.1. The third-order valence-corrected chi connectivity index (χ3v) is 5.10. The van der Waals surface area contributed by atoms with Gasteiger partial charge >= 0.3 is 6.03 Å². The number of carbonyl (C=O) groups is 1. The third-order valence-electron chi connectivity index (χ3n) is 4.21. The maximum Gasteiger partial charge on any atom is 0.324 e. The zero-order valence-electron chi connectivity index (χ0n) is 16.0. The maximum absolute atomic E-state index is 12.7. The number of amides is 2. The molecule has 6 nitrogen and oxygen atoms in total. The smallest absolute Gasteiger partial charge is 0.304 e. The van der Waals surface area contributed by atoms with Crippen LogP contribution in [0, 0.1) is 13.8 Å². The number of nitrogens with one attached hydrogen (secondary N) is 2. The Morgan fingerprint density at radius 2 is 1.45 bits per heavy atom. The van der Waals surface area contributed by atoms with Crippen molar-refractivity contribution in [1.29, 1.82) is 0 Å². The zero-order valence-corrected chi connectivity index (χ0v) is 16.8. The highest BCUT2D eigenvalue weighted by atomic mass is 32.1. The molecule has 0 aliphatic carbocycles. The third kappa shape index (κ3) is 4.30. The van der Waals surface area contributed by atoms with Gasteiger partial charge in [0.2, 0.25) is 0 Å². The van der Waals surface area contributed by atoms with Crippen LogP contribution < -0.4 is 10.6 Å².